The minimum Gasteiger partial charge on any atom is -0.508 e. The number of nitrogens with zero attached hydrogens (tertiary/aromatic N) is 1. The maximum atomic E-state index is 11.9. The van der Waals surface area contributed by atoms with Gasteiger partial charge in [0, 0.05) is 13.0 Å². The van der Waals surface area contributed by atoms with E-state index in [4.69, 9.17) is 5.14 Å². The van der Waals surface area contributed by atoms with Crippen LogP contribution in [0.25, 0.3) is 0 Å². The summed E-state index contributed by atoms with van der Waals surface area (Å²) in [7, 11) is -3.69. The van der Waals surface area contributed by atoms with E-state index >= 15 is 0 Å². The first-order valence-corrected chi connectivity index (χ1v) is 7.50. The lowest BCUT2D eigenvalue weighted by molar-refractivity contribution is -0.129. The third-order valence-electron chi connectivity index (χ3n) is 3.43. The molecule has 1 saturated heterocycles. The zero-order valence-electron chi connectivity index (χ0n) is 10.5. The van der Waals surface area contributed by atoms with Crippen LogP contribution in [0.3, 0.4) is 0 Å². The molecule has 104 valence electrons. The van der Waals surface area contributed by atoms with Gasteiger partial charge < -0.3 is 10.0 Å². The summed E-state index contributed by atoms with van der Waals surface area (Å²) < 4.78 is 22.6. The van der Waals surface area contributed by atoms with Crippen molar-refractivity contribution in [1.82, 2.24) is 4.90 Å². The molecule has 2 atom stereocenters. The summed E-state index contributed by atoms with van der Waals surface area (Å²) in [6.45, 7) is 1.93. The molecule has 2 unspecified atom stereocenters. The Balaban J connectivity index is 2.18. The molecule has 1 amide bonds. The van der Waals surface area contributed by atoms with E-state index in [1.54, 1.807) is 12.1 Å². The third-order valence-corrected chi connectivity index (χ3v) is 4.68. The predicted octanol–water partition coefficient (Wildman–Crippen LogP) is 0.343. The average Bonchev–Trinajstić information content (AvgIpc) is 2.71. The number of phenolic OH excluding ortho intramolecular Hbond substituents is 1. The maximum absolute atomic E-state index is 11.9. The van der Waals surface area contributed by atoms with Gasteiger partial charge in [0.1, 0.15) is 11.0 Å². The van der Waals surface area contributed by atoms with Crippen molar-refractivity contribution in [3.8, 4) is 5.75 Å². The quantitative estimate of drug-likeness (QED) is 0.836. The number of rotatable bonds is 3. The van der Waals surface area contributed by atoms with Gasteiger partial charge >= 0.3 is 0 Å². The highest BCUT2D eigenvalue weighted by molar-refractivity contribution is 7.89. The summed E-state index contributed by atoms with van der Waals surface area (Å²) in [5.74, 6) is -0.0780. The lowest BCUT2D eigenvalue weighted by Crippen LogP contribution is -2.33. The zero-order valence-corrected chi connectivity index (χ0v) is 11.3. The second-order valence-corrected chi connectivity index (χ2v) is 6.57. The van der Waals surface area contributed by atoms with Crippen molar-refractivity contribution >= 4 is 15.9 Å². The Hall–Kier alpha value is -1.60. The molecular weight excluding hydrogens is 268 g/mol. The van der Waals surface area contributed by atoms with Gasteiger partial charge in [-0.2, -0.15) is 0 Å². The standard InChI is InChI=1S/C12H16N2O4S/c1-8(9-2-4-10(15)5-3-9)14-7-11(6-12(14)16)19(13,17)18/h2-5,8,11,15H,6-7H2,1H3,(H2,13,17,18). The fourth-order valence-corrected chi connectivity index (χ4v) is 2.97. The van der Waals surface area contributed by atoms with Gasteiger partial charge in [-0.1, -0.05) is 12.1 Å². The second kappa shape index (κ2) is 4.82. The van der Waals surface area contributed by atoms with Crippen molar-refractivity contribution in [2.45, 2.75) is 24.6 Å². The molecule has 1 fully saturated rings. The average molecular weight is 284 g/mol. The van der Waals surface area contributed by atoms with Gasteiger partial charge in [0.05, 0.1) is 6.04 Å². The number of primary sulfonamides is 1. The van der Waals surface area contributed by atoms with Gasteiger partial charge in [0.25, 0.3) is 0 Å². The van der Waals surface area contributed by atoms with E-state index in [0.29, 0.717) is 0 Å². The number of likely N-dealkylation sites (tertiary alicyclic amines) is 1. The fourth-order valence-electron chi connectivity index (χ4n) is 2.22. The molecule has 6 nitrogen and oxygen atoms in total. The van der Waals surface area contributed by atoms with E-state index in [2.05, 4.69) is 0 Å². The molecule has 19 heavy (non-hydrogen) atoms. The largest absolute Gasteiger partial charge is 0.508 e. The summed E-state index contributed by atoms with van der Waals surface area (Å²) >= 11 is 0. The highest BCUT2D eigenvalue weighted by atomic mass is 32.2. The van der Waals surface area contributed by atoms with E-state index in [0.717, 1.165) is 5.56 Å². The summed E-state index contributed by atoms with van der Waals surface area (Å²) in [5.41, 5.74) is 0.834. The number of benzene rings is 1. The second-order valence-electron chi connectivity index (χ2n) is 4.73. The molecule has 1 aromatic carbocycles. The van der Waals surface area contributed by atoms with Crippen LogP contribution in [0.2, 0.25) is 0 Å². The molecule has 0 saturated carbocycles. The summed E-state index contributed by atoms with van der Waals surface area (Å²) in [4.78, 5) is 13.4. The molecule has 1 aliphatic rings. The number of carbonyl (C=O) groups excluding carboxylic acids is 1. The van der Waals surface area contributed by atoms with Gasteiger partial charge in [-0.25, -0.2) is 13.6 Å². The van der Waals surface area contributed by atoms with Crippen molar-refractivity contribution in [2.75, 3.05) is 6.54 Å². The topological polar surface area (TPSA) is 101 Å². The predicted molar refractivity (Wildman–Crippen MR) is 69.7 cm³/mol. The molecule has 1 aliphatic heterocycles. The first-order chi connectivity index (χ1) is 8.79. The van der Waals surface area contributed by atoms with E-state index in [-0.39, 0.29) is 30.7 Å². The molecule has 0 radical (unpaired) electrons. The zero-order chi connectivity index (χ0) is 14.2. The Bertz CT molecular complexity index is 582. The molecule has 7 heteroatoms. The van der Waals surface area contributed by atoms with Crippen LogP contribution in [0.4, 0.5) is 0 Å². The van der Waals surface area contributed by atoms with Crippen molar-refractivity contribution in [2.24, 2.45) is 5.14 Å². The Kier molecular flexibility index (Phi) is 3.51. The minimum absolute atomic E-state index is 0.0682. The van der Waals surface area contributed by atoms with Crippen molar-refractivity contribution in [1.29, 1.82) is 0 Å². The van der Waals surface area contributed by atoms with Gasteiger partial charge in [-0.15, -0.1) is 0 Å². The lowest BCUT2D eigenvalue weighted by atomic mass is 10.1. The first kappa shape index (κ1) is 13.8. The van der Waals surface area contributed by atoms with E-state index < -0.39 is 15.3 Å². The highest BCUT2D eigenvalue weighted by Crippen LogP contribution is 2.28. The Morgan fingerprint density at radius 1 is 1.37 bits per heavy atom. The molecule has 0 aliphatic carbocycles. The fraction of sp³-hybridized carbons (Fsp3) is 0.417. The van der Waals surface area contributed by atoms with Crippen LogP contribution in [0.1, 0.15) is 24.9 Å². The summed E-state index contributed by atoms with van der Waals surface area (Å²) in [6, 6.07) is 6.22. The molecule has 3 N–H and O–H groups in total. The Morgan fingerprint density at radius 2 is 1.95 bits per heavy atom. The number of nitrogens with two attached hydrogens (primary N) is 1. The molecular formula is C12H16N2O4S. The number of sulfonamides is 1. The van der Waals surface area contributed by atoms with Gasteiger partial charge in [-0.05, 0) is 24.6 Å². The van der Waals surface area contributed by atoms with E-state index in [9.17, 15) is 18.3 Å². The molecule has 1 aromatic rings. The summed E-state index contributed by atoms with van der Waals surface area (Å²) in [6.07, 6.45) is -0.0682. The number of hydrogen-bond donors (Lipinski definition) is 2. The Morgan fingerprint density at radius 3 is 2.42 bits per heavy atom. The monoisotopic (exact) mass is 284 g/mol. The maximum Gasteiger partial charge on any atom is 0.224 e. The van der Waals surface area contributed by atoms with Crippen LogP contribution in [0.5, 0.6) is 5.75 Å². The van der Waals surface area contributed by atoms with Crippen LogP contribution in [0, 0.1) is 0 Å². The molecule has 0 aromatic heterocycles. The van der Waals surface area contributed by atoms with E-state index in [1.165, 1.54) is 17.0 Å². The smallest absolute Gasteiger partial charge is 0.224 e. The van der Waals surface area contributed by atoms with Crippen LogP contribution in [-0.2, 0) is 14.8 Å². The van der Waals surface area contributed by atoms with Crippen molar-refractivity contribution in [3.05, 3.63) is 29.8 Å². The van der Waals surface area contributed by atoms with Crippen molar-refractivity contribution in [3.63, 3.8) is 0 Å². The normalized spacial score (nSPS) is 21.7. The minimum atomic E-state index is -3.69. The number of phenols is 1. The van der Waals surface area contributed by atoms with Crippen LogP contribution >= 0.6 is 0 Å². The van der Waals surface area contributed by atoms with Gasteiger partial charge in [-0.3, -0.25) is 4.79 Å². The number of amides is 1. The molecule has 1 heterocycles. The van der Waals surface area contributed by atoms with Crippen LogP contribution in [-0.4, -0.2) is 36.1 Å². The first-order valence-electron chi connectivity index (χ1n) is 5.89. The lowest BCUT2D eigenvalue weighted by Gasteiger charge is -2.25. The van der Waals surface area contributed by atoms with Crippen LogP contribution in [0.15, 0.2) is 24.3 Å². The number of hydrogen-bond acceptors (Lipinski definition) is 4. The van der Waals surface area contributed by atoms with Gasteiger partial charge in [0.15, 0.2) is 0 Å². The molecule has 2 rings (SSSR count). The van der Waals surface area contributed by atoms with Gasteiger partial charge in [0.2, 0.25) is 15.9 Å². The Labute approximate surface area is 111 Å². The number of aromatic hydroxyl groups is 1. The highest BCUT2D eigenvalue weighted by Gasteiger charge is 2.38. The number of carbonyl (C=O) groups is 1. The van der Waals surface area contributed by atoms with Crippen LogP contribution < -0.4 is 5.14 Å². The molecule has 0 spiro atoms. The van der Waals surface area contributed by atoms with E-state index in [1.807, 2.05) is 6.92 Å². The third kappa shape index (κ3) is 2.87. The molecule has 0 bridgehead atoms. The van der Waals surface area contributed by atoms with Crippen molar-refractivity contribution < 1.29 is 18.3 Å². The SMILES string of the molecule is CC(c1ccc(O)cc1)N1CC(S(N)(=O)=O)CC1=O. The summed E-state index contributed by atoms with van der Waals surface area (Å²) in [5, 5.41) is 13.5.